The molecule has 1 aromatic rings. The third-order valence-corrected chi connectivity index (χ3v) is 4.27. The van der Waals surface area contributed by atoms with Gasteiger partial charge < -0.3 is 14.3 Å². The lowest BCUT2D eigenvalue weighted by molar-refractivity contribution is 0.0742. The van der Waals surface area contributed by atoms with Gasteiger partial charge in [-0.05, 0) is 43.3 Å². The standard InChI is InChI=1S/C13H20N2OS/c1-8(2)11-7-14-13(17)15(11)10-5-6-16-12(10)9-3-4-9/h7-10,12H,3-6H2,1-2H3,(H,14,17). The second-order valence-corrected chi connectivity index (χ2v) is 5.96. The van der Waals surface area contributed by atoms with Crippen LogP contribution in [0, 0.1) is 10.7 Å². The molecular weight excluding hydrogens is 232 g/mol. The smallest absolute Gasteiger partial charge is 0.177 e. The predicted octanol–water partition coefficient (Wildman–Crippen LogP) is 3.41. The Hall–Kier alpha value is -0.610. The van der Waals surface area contributed by atoms with E-state index in [0.29, 0.717) is 18.1 Å². The van der Waals surface area contributed by atoms with Crippen molar-refractivity contribution in [1.82, 2.24) is 9.55 Å². The number of hydrogen-bond donors (Lipinski definition) is 1. The Balaban J connectivity index is 1.97. The molecule has 3 rings (SSSR count). The van der Waals surface area contributed by atoms with E-state index in [1.165, 1.54) is 18.5 Å². The maximum absolute atomic E-state index is 5.92. The molecule has 3 nitrogen and oxygen atoms in total. The number of hydrogen-bond acceptors (Lipinski definition) is 2. The summed E-state index contributed by atoms with van der Waals surface area (Å²) in [5.74, 6) is 1.28. The van der Waals surface area contributed by atoms with Crippen molar-refractivity contribution >= 4 is 12.2 Å². The fourth-order valence-corrected chi connectivity index (χ4v) is 3.23. The van der Waals surface area contributed by atoms with Crippen LogP contribution in [0.4, 0.5) is 0 Å². The van der Waals surface area contributed by atoms with Crippen molar-refractivity contribution in [2.75, 3.05) is 6.61 Å². The Bertz CT molecular complexity index is 458. The number of nitrogens with one attached hydrogen (secondary N) is 1. The van der Waals surface area contributed by atoms with Crippen LogP contribution in [0.15, 0.2) is 6.20 Å². The lowest BCUT2D eigenvalue weighted by Gasteiger charge is -2.23. The van der Waals surface area contributed by atoms with Crippen LogP contribution >= 0.6 is 12.2 Å². The molecule has 1 N–H and O–H groups in total. The van der Waals surface area contributed by atoms with Gasteiger partial charge in [-0.15, -0.1) is 0 Å². The molecule has 94 valence electrons. The third-order valence-electron chi connectivity index (χ3n) is 3.95. The molecule has 0 spiro atoms. The minimum Gasteiger partial charge on any atom is -0.376 e. The molecule has 17 heavy (non-hydrogen) atoms. The molecule has 0 amide bonds. The van der Waals surface area contributed by atoms with Crippen molar-refractivity contribution in [3.05, 3.63) is 16.7 Å². The lowest BCUT2D eigenvalue weighted by Crippen LogP contribution is -2.24. The van der Waals surface area contributed by atoms with Crippen molar-refractivity contribution in [3.8, 4) is 0 Å². The van der Waals surface area contributed by atoms with Crippen LogP contribution < -0.4 is 0 Å². The average molecular weight is 252 g/mol. The van der Waals surface area contributed by atoms with Crippen molar-refractivity contribution in [3.63, 3.8) is 0 Å². The summed E-state index contributed by atoms with van der Waals surface area (Å²) >= 11 is 5.44. The Morgan fingerprint density at radius 3 is 2.82 bits per heavy atom. The van der Waals surface area contributed by atoms with E-state index in [0.717, 1.165) is 23.7 Å². The van der Waals surface area contributed by atoms with Crippen LogP contribution in [0.3, 0.4) is 0 Å². The highest BCUT2D eigenvalue weighted by molar-refractivity contribution is 7.71. The van der Waals surface area contributed by atoms with Gasteiger partial charge >= 0.3 is 0 Å². The molecule has 1 saturated heterocycles. The molecule has 1 aliphatic heterocycles. The summed E-state index contributed by atoms with van der Waals surface area (Å²) in [6, 6.07) is 0.457. The minimum atomic E-state index is 0.398. The largest absolute Gasteiger partial charge is 0.376 e. The summed E-state index contributed by atoms with van der Waals surface area (Å²) < 4.78 is 9.09. The second kappa shape index (κ2) is 4.25. The number of H-pyrrole nitrogens is 1. The Labute approximate surface area is 107 Å². The van der Waals surface area contributed by atoms with E-state index in [9.17, 15) is 0 Å². The number of rotatable bonds is 3. The van der Waals surface area contributed by atoms with E-state index >= 15 is 0 Å². The Morgan fingerprint density at radius 2 is 2.18 bits per heavy atom. The predicted molar refractivity (Wildman–Crippen MR) is 69.8 cm³/mol. The van der Waals surface area contributed by atoms with Crippen LogP contribution in [-0.4, -0.2) is 22.3 Å². The number of nitrogens with zero attached hydrogens (tertiary/aromatic N) is 1. The lowest BCUT2D eigenvalue weighted by atomic mass is 10.0. The van der Waals surface area contributed by atoms with Crippen LogP contribution in [0.2, 0.25) is 0 Å². The first-order valence-electron chi connectivity index (χ1n) is 6.60. The fraction of sp³-hybridized carbons (Fsp3) is 0.769. The molecule has 2 fully saturated rings. The topological polar surface area (TPSA) is 29.9 Å². The summed E-state index contributed by atoms with van der Waals surface area (Å²) in [6.07, 6.45) is 6.23. The van der Waals surface area contributed by atoms with Crippen LogP contribution in [0.1, 0.15) is 50.8 Å². The van der Waals surface area contributed by atoms with Crippen molar-refractivity contribution in [2.24, 2.45) is 5.92 Å². The number of aromatic amines is 1. The zero-order valence-corrected chi connectivity index (χ0v) is 11.3. The Morgan fingerprint density at radius 1 is 1.41 bits per heavy atom. The van der Waals surface area contributed by atoms with Crippen molar-refractivity contribution in [1.29, 1.82) is 0 Å². The SMILES string of the molecule is CC(C)c1c[nH]c(=S)n1C1CCOC1C1CC1. The molecule has 2 unspecified atom stereocenters. The molecule has 0 aromatic carbocycles. The molecule has 0 radical (unpaired) electrons. The number of imidazole rings is 1. The van der Waals surface area contributed by atoms with Gasteiger partial charge in [0, 0.05) is 18.5 Å². The molecule has 2 aliphatic rings. The summed E-state index contributed by atoms with van der Waals surface area (Å²) in [6.45, 7) is 5.32. The quantitative estimate of drug-likeness (QED) is 0.836. The van der Waals surface area contributed by atoms with Gasteiger partial charge in [0.1, 0.15) is 0 Å². The zero-order chi connectivity index (χ0) is 12.0. The number of aromatic nitrogens is 2. The van der Waals surface area contributed by atoms with Crippen LogP contribution in [-0.2, 0) is 4.74 Å². The molecule has 4 heteroatoms. The van der Waals surface area contributed by atoms with Gasteiger partial charge in [-0.3, -0.25) is 0 Å². The van der Waals surface area contributed by atoms with Gasteiger partial charge in [-0.2, -0.15) is 0 Å². The second-order valence-electron chi connectivity index (χ2n) is 5.57. The molecule has 1 aromatic heterocycles. The summed E-state index contributed by atoms with van der Waals surface area (Å²) in [5.41, 5.74) is 1.32. The molecule has 1 saturated carbocycles. The molecule has 0 bridgehead atoms. The van der Waals surface area contributed by atoms with Gasteiger partial charge in [-0.25, -0.2) is 0 Å². The van der Waals surface area contributed by atoms with E-state index in [-0.39, 0.29) is 0 Å². The van der Waals surface area contributed by atoms with Crippen molar-refractivity contribution < 1.29 is 4.74 Å². The van der Waals surface area contributed by atoms with E-state index in [4.69, 9.17) is 17.0 Å². The van der Waals surface area contributed by atoms with E-state index in [1.54, 1.807) is 0 Å². The van der Waals surface area contributed by atoms with Gasteiger partial charge in [0.2, 0.25) is 0 Å². The number of ether oxygens (including phenoxy) is 1. The van der Waals surface area contributed by atoms with E-state index in [2.05, 4.69) is 29.6 Å². The van der Waals surface area contributed by atoms with E-state index < -0.39 is 0 Å². The highest BCUT2D eigenvalue weighted by atomic mass is 32.1. The molecule has 2 atom stereocenters. The fourth-order valence-electron chi connectivity index (χ4n) is 2.93. The maximum Gasteiger partial charge on any atom is 0.177 e. The average Bonchev–Trinajstić information content (AvgIpc) is 2.88. The minimum absolute atomic E-state index is 0.398. The molecular formula is C13H20N2OS. The highest BCUT2D eigenvalue weighted by Crippen LogP contribution is 2.44. The van der Waals surface area contributed by atoms with E-state index in [1.807, 2.05) is 0 Å². The third kappa shape index (κ3) is 1.97. The highest BCUT2D eigenvalue weighted by Gasteiger charge is 2.42. The maximum atomic E-state index is 5.92. The first kappa shape index (κ1) is 11.5. The summed E-state index contributed by atoms with van der Waals surface area (Å²) in [5, 5.41) is 0. The Kier molecular flexibility index (Phi) is 2.87. The first-order chi connectivity index (χ1) is 8.18. The van der Waals surface area contributed by atoms with Crippen LogP contribution in [0.25, 0.3) is 0 Å². The summed E-state index contributed by atoms with van der Waals surface area (Å²) in [7, 11) is 0. The van der Waals surface area contributed by atoms with Crippen LogP contribution in [0.5, 0.6) is 0 Å². The summed E-state index contributed by atoms with van der Waals surface area (Å²) in [4.78, 5) is 3.20. The van der Waals surface area contributed by atoms with Gasteiger partial charge in [0.05, 0.1) is 12.1 Å². The normalized spacial score (nSPS) is 29.1. The molecule has 2 heterocycles. The van der Waals surface area contributed by atoms with Gasteiger partial charge in [-0.1, -0.05) is 13.8 Å². The molecule has 1 aliphatic carbocycles. The monoisotopic (exact) mass is 252 g/mol. The zero-order valence-electron chi connectivity index (χ0n) is 10.5. The van der Waals surface area contributed by atoms with Gasteiger partial charge in [0.15, 0.2) is 4.77 Å². The van der Waals surface area contributed by atoms with Crippen molar-refractivity contribution in [2.45, 2.75) is 51.2 Å². The first-order valence-corrected chi connectivity index (χ1v) is 7.00. The van der Waals surface area contributed by atoms with Gasteiger partial charge in [0.25, 0.3) is 0 Å².